The SMILES string of the molecule is CCCCC/C=C\C/C=C\CCCCCCCCN(CCCCCCCC/C=C\C/C=C\CCCCC)CCOC. The molecule has 41 heavy (non-hydrogen) atoms. The summed E-state index contributed by atoms with van der Waals surface area (Å²) in [6, 6.07) is 0. The summed E-state index contributed by atoms with van der Waals surface area (Å²) < 4.78 is 5.38. The minimum Gasteiger partial charge on any atom is -0.383 e. The van der Waals surface area contributed by atoms with E-state index in [9.17, 15) is 0 Å². The molecule has 0 radical (unpaired) electrons. The van der Waals surface area contributed by atoms with Crippen LogP contribution in [0.1, 0.15) is 168 Å². The third-order valence-corrected chi connectivity index (χ3v) is 7.96. The third kappa shape index (κ3) is 35.0. The third-order valence-electron chi connectivity index (χ3n) is 7.96. The van der Waals surface area contributed by atoms with Gasteiger partial charge < -0.3 is 9.64 Å². The molecule has 0 aliphatic rings. The number of rotatable bonds is 33. The molecule has 0 unspecified atom stereocenters. The summed E-state index contributed by atoms with van der Waals surface area (Å²) in [4.78, 5) is 2.65. The van der Waals surface area contributed by atoms with E-state index < -0.39 is 0 Å². The molecule has 2 heteroatoms. The van der Waals surface area contributed by atoms with Crippen molar-refractivity contribution in [1.82, 2.24) is 4.90 Å². The topological polar surface area (TPSA) is 12.5 Å². The Kier molecular flexibility index (Phi) is 35.9. The Labute approximate surface area is 259 Å². The van der Waals surface area contributed by atoms with Gasteiger partial charge in [-0.25, -0.2) is 0 Å². The zero-order valence-corrected chi connectivity index (χ0v) is 28.3. The Morgan fingerprint density at radius 3 is 1.10 bits per heavy atom. The molecule has 0 aromatic rings. The van der Waals surface area contributed by atoms with Crippen molar-refractivity contribution in [2.75, 3.05) is 33.4 Å². The summed E-state index contributed by atoms with van der Waals surface area (Å²) in [7, 11) is 1.83. The second-order valence-corrected chi connectivity index (χ2v) is 12.0. The largest absolute Gasteiger partial charge is 0.383 e. The number of hydrogen-bond acceptors (Lipinski definition) is 2. The molecule has 0 amide bonds. The summed E-state index contributed by atoms with van der Waals surface area (Å²) in [5.74, 6) is 0. The Bertz CT molecular complexity index is 542. The van der Waals surface area contributed by atoms with E-state index in [1.54, 1.807) is 0 Å². The van der Waals surface area contributed by atoms with Crippen molar-refractivity contribution in [1.29, 1.82) is 0 Å². The number of unbranched alkanes of at least 4 members (excludes halogenated alkanes) is 18. The van der Waals surface area contributed by atoms with Crippen LogP contribution >= 0.6 is 0 Å². The molecule has 240 valence electrons. The smallest absolute Gasteiger partial charge is 0.0589 e. The van der Waals surface area contributed by atoms with Crippen molar-refractivity contribution in [3.63, 3.8) is 0 Å². The van der Waals surface area contributed by atoms with Crippen molar-refractivity contribution in [3.05, 3.63) is 48.6 Å². The molecule has 0 heterocycles. The molecule has 0 rings (SSSR count). The Hall–Kier alpha value is -1.12. The fourth-order valence-corrected chi connectivity index (χ4v) is 5.20. The number of nitrogens with zero attached hydrogens (tertiary/aromatic N) is 1. The van der Waals surface area contributed by atoms with Crippen LogP contribution in [0.2, 0.25) is 0 Å². The van der Waals surface area contributed by atoms with E-state index in [1.807, 2.05) is 7.11 Å². The van der Waals surface area contributed by atoms with Gasteiger partial charge in [-0.2, -0.15) is 0 Å². The van der Waals surface area contributed by atoms with Gasteiger partial charge in [0.1, 0.15) is 0 Å². The van der Waals surface area contributed by atoms with Gasteiger partial charge in [0.2, 0.25) is 0 Å². The number of ether oxygens (including phenoxy) is 1. The molecule has 0 bridgehead atoms. The molecule has 0 spiro atoms. The van der Waals surface area contributed by atoms with Crippen LogP contribution in [0, 0.1) is 0 Å². The second kappa shape index (κ2) is 36.9. The maximum Gasteiger partial charge on any atom is 0.0589 e. The maximum absolute atomic E-state index is 5.38. The number of methoxy groups -OCH3 is 1. The minimum atomic E-state index is 0.865. The minimum absolute atomic E-state index is 0.865. The highest BCUT2D eigenvalue weighted by molar-refractivity contribution is 4.93. The van der Waals surface area contributed by atoms with Gasteiger partial charge >= 0.3 is 0 Å². The standard InChI is InChI=1S/C39H73NO/c1-4-6-8-10-12-14-16-18-20-22-24-26-28-30-32-34-36-40(38-39-41-3)37-35-33-31-29-27-25-23-21-19-17-15-13-11-9-7-5-2/h12-15,18-21H,4-11,16-17,22-39H2,1-3H3/b14-12-,15-13-,20-18-,21-19-. The zero-order valence-electron chi connectivity index (χ0n) is 28.3. The zero-order chi connectivity index (χ0) is 29.7. The summed E-state index contributed by atoms with van der Waals surface area (Å²) in [6.45, 7) is 8.99. The molecular weight excluding hydrogens is 498 g/mol. The molecule has 0 saturated heterocycles. The highest BCUT2D eigenvalue weighted by Crippen LogP contribution is 2.11. The van der Waals surface area contributed by atoms with Crippen LogP contribution in [0.5, 0.6) is 0 Å². The molecule has 0 fully saturated rings. The van der Waals surface area contributed by atoms with E-state index in [-0.39, 0.29) is 0 Å². The molecule has 0 aromatic carbocycles. The average molecular weight is 572 g/mol. The average Bonchev–Trinajstić information content (AvgIpc) is 2.98. The van der Waals surface area contributed by atoms with Crippen LogP contribution in [0.15, 0.2) is 48.6 Å². The van der Waals surface area contributed by atoms with Crippen LogP contribution in [-0.4, -0.2) is 38.3 Å². The van der Waals surface area contributed by atoms with E-state index in [2.05, 4.69) is 67.4 Å². The number of allylic oxidation sites excluding steroid dienone is 8. The van der Waals surface area contributed by atoms with Crippen molar-refractivity contribution >= 4 is 0 Å². The van der Waals surface area contributed by atoms with Gasteiger partial charge in [0.25, 0.3) is 0 Å². The van der Waals surface area contributed by atoms with Gasteiger partial charge in [-0.05, 0) is 90.1 Å². The molecule has 0 saturated carbocycles. The molecular formula is C39H73NO. The molecule has 0 atom stereocenters. The first-order valence-electron chi connectivity index (χ1n) is 18.2. The van der Waals surface area contributed by atoms with Crippen LogP contribution < -0.4 is 0 Å². The first kappa shape index (κ1) is 39.9. The second-order valence-electron chi connectivity index (χ2n) is 12.0. The van der Waals surface area contributed by atoms with Gasteiger partial charge in [0.15, 0.2) is 0 Å². The fourth-order valence-electron chi connectivity index (χ4n) is 5.20. The predicted molar refractivity (Wildman–Crippen MR) is 187 cm³/mol. The maximum atomic E-state index is 5.38. The van der Waals surface area contributed by atoms with E-state index in [0.717, 1.165) is 26.0 Å². The Morgan fingerprint density at radius 1 is 0.390 bits per heavy atom. The summed E-state index contributed by atoms with van der Waals surface area (Å²) in [5.41, 5.74) is 0. The van der Waals surface area contributed by atoms with Gasteiger partial charge in [-0.3, -0.25) is 0 Å². The van der Waals surface area contributed by atoms with Crippen molar-refractivity contribution in [3.8, 4) is 0 Å². The Balaban J connectivity index is 3.60. The van der Waals surface area contributed by atoms with Gasteiger partial charge in [0, 0.05) is 13.7 Å². The van der Waals surface area contributed by atoms with E-state index in [4.69, 9.17) is 4.74 Å². The lowest BCUT2D eigenvalue weighted by atomic mass is 10.1. The lowest BCUT2D eigenvalue weighted by molar-refractivity contribution is 0.145. The molecule has 2 nitrogen and oxygen atoms in total. The monoisotopic (exact) mass is 572 g/mol. The highest BCUT2D eigenvalue weighted by Gasteiger charge is 2.04. The molecule has 0 aromatic heterocycles. The number of hydrogen-bond donors (Lipinski definition) is 0. The first-order chi connectivity index (χ1) is 20.3. The van der Waals surface area contributed by atoms with Crippen LogP contribution in [-0.2, 0) is 4.74 Å². The van der Waals surface area contributed by atoms with Gasteiger partial charge in [-0.1, -0.05) is 140 Å². The van der Waals surface area contributed by atoms with E-state index in [0.29, 0.717) is 0 Å². The van der Waals surface area contributed by atoms with Crippen LogP contribution in [0.25, 0.3) is 0 Å². The van der Waals surface area contributed by atoms with E-state index >= 15 is 0 Å². The summed E-state index contributed by atoms with van der Waals surface area (Å²) >= 11 is 0. The normalized spacial score (nSPS) is 12.5. The highest BCUT2D eigenvalue weighted by atomic mass is 16.5. The Morgan fingerprint density at radius 2 is 0.732 bits per heavy atom. The summed E-state index contributed by atoms with van der Waals surface area (Å²) in [5, 5.41) is 0. The lowest BCUT2D eigenvalue weighted by Crippen LogP contribution is -2.29. The molecule has 0 aliphatic heterocycles. The van der Waals surface area contributed by atoms with Crippen molar-refractivity contribution in [2.24, 2.45) is 0 Å². The van der Waals surface area contributed by atoms with Gasteiger partial charge in [0.05, 0.1) is 6.61 Å². The van der Waals surface area contributed by atoms with Crippen molar-refractivity contribution < 1.29 is 4.74 Å². The van der Waals surface area contributed by atoms with E-state index in [1.165, 1.54) is 154 Å². The van der Waals surface area contributed by atoms with Crippen molar-refractivity contribution in [2.45, 2.75) is 168 Å². The fraction of sp³-hybridized carbons (Fsp3) is 0.795. The quantitative estimate of drug-likeness (QED) is 0.0573. The predicted octanol–water partition coefficient (Wildman–Crippen LogP) is 12.6. The molecule has 0 N–H and O–H groups in total. The molecule has 0 aliphatic carbocycles. The lowest BCUT2D eigenvalue weighted by Gasteiger charge is -2.22. The van der Waals surface area contributed by atoms with Crippen LogP contribution in [0.3, 0.4) is 0 Å². The van der Waals surface area contributed by atoms with Crippen LogP contribution in [0.4, 0.5) is 0 Å². The van der Waals surface area contributed by atoms with Gasteiger partial charge in [-0.15, -0.1) is 0 Å². The summed E-state index contributed by atoms with van der Waals surface area (Å²) in [6.07, 6.45) is 50.6. The first-order valence-corrected chi connectivity index (χ1v) is 18.2.